The number of nitrogens with one attached hydrogen (secondary N) is 3. The van der Waals surface area contributed by atoms with Gasteiger partial charge in [-0.2, -0.15) is 0 Å². The van der Waals surface area contributed by atoms with Gasteiger partial charge < -0.3 is 20.7 Å². The Morgan fingerprint density at radius 1 is 1.14 bits per heavy atom. The minimum Gasteiger partial charge on any atom is -0.480 e. The van der Waals surface area contributed by atoms with Crippen LogP contribution in [0.5, 0.6) is 0 Å². The van der Waals surface area contributed by atoms with E-state index in [1.54, 1.807) is 25.3 Å². The third-order valence-electron chi connectivity index (χ3n) is 5.36. The Morgan fingerprint density at radius 2 is 1.83 bits per heavy atom. The molecule has 0 spiro atoms. The molecule has 2 heterocycles. The predicted molar refractivity (Wildman–Crippen MR) is 137 cm³/mol. The van der Waals surface area contributed by atoms with Crippen LogP contribution in [0.25, 0.3) is 11.2 Å². The maximum Gasteiger partial charge on any atom is 0.326 e. The number of carbonyl (C=O) groups is 2. The van der Waals surface area contributed by atoms with Gasteiger partial charge in [0.1, 0.15) is 11.9 Å². The molecule has 10 nitrogen and oxygen atoms in total. The monoisotopic (exact) mass is 492 g/mol. The number of carboxylic acid groups (broad SMARTS) is 1. The van der Waals surface area contributed by atoms with E-state index in [0.29, 0.717) is 42.0 Å². The summed E-state index contributed by atoms with van der Waals surface area (Å²) < 4.78 is 0. The number of benzene rings is 1. The number of nitrogens with zero attached hydrogens (tertiary/aromatic N) is 3. The van der Waals surface area contributed by atoms with Crippen LogP contribution in [0.15, 0.2) is 47.5 Å². The van der Waals surface area contributed by atoms with E-state index in [9.17, 15) is 19.5 Å². The Hall–Kier alpha value is -4.08. The Bertz CT molecular complexity index is 1320. The first-order chi connectivity index (χ1) is 16.9. The highest BCUT2D eigenvalue weighted by Crippen LogP contribution is 2.12. The molecule has 0 bridgehead atoms. The van der Waals surface area contributed by atoms with Crippen molar-refractivity contribution in [3.05, 3.63) is 75.7 Å². The second kappa shape index (κ2) is 11.1. The van der Waals surface area contributed by atoms with Gasteiger partial charge in [0.15, 0.2) is 11.2 Å². The Balaban J connectivity index is 1.57. The summed E-state index contributed by atoms with van der Waals surface area (Å²) in [7, 11) is 0. The van der Waals surface area contributed by atoms with Crippen molar-refractivity contribution in [3.63, 3.8) is 0 Å². The number of H-pyrrole nitrogens is 1. The second-order valence-electron chi connectivity index (χ2n) is 9.76. The molecule has 3 aromatic rings. The van der Waals surface area contributed by atoms with Crippen molar-refractivity contribution in [2.24, 2.45) is 0 Å². The number of carbonyl (C=O) groups excluding carboxylic acids is 1. The molecule has 1 aromatic carbocycles. The molecule has 190 valence electrons. The number of rotatable bonds is 10. The van der Waals surface area contributed by atoms with Gasteiger partial charge >= 0.3 is 5.97 Å². The Labute approximate surface area is 209 Å². The topological polar surface area (TPSA) is 150 Å². The van der Waals surface area contributed by atoms with Crippen molar-refractivity contribution in [2.75, 3.05) is 0 Å². The third-order valence-corrected chi connectivity index (χ3v) is 5.36. The van der Waals surface area contributed by atoms with Crippen molar-refractivity contribution in [1.29, 1.82) is 0 Å². The van der Waals surface area contributed by atoms with Crippen LogP contribution >= 0.6 is 0 Å². The summed E-state index contributed by atoms with van der Waals surface area (Å²) in [5, 5.41) is 15.3. The molecule has 0 fully saturated rings. The number of hydrogen-bond donors (Lipinski definition) is 4. The van der Waals surface area contributed by atoms with Gasteiger partial charge in [-0.25, -0.2) is 19.7 Å². The zero-order valence-electron chi connectivity index (χ0n) is 21.0. The molecule has 0 aliphatic rings. The van der Waals surface area contributed by atoms with Gasteiger partial charge in [-0.05, 0) is 71.1 Å². The highest BCUT2D eigenvalue weighted by molar-refractivity contribution is 5.96. The molecule has 0 unspecified atom stereocenters. The summed E-state index contributed by atoms with van der Waals surface area (Å²) in [5.41, 5.74) is 2.73. The van der Waals surface area contributed by atoms with Crippen LogP contribution in [0.2, 0.25) is 0 Å². The molecule has 0 radical (unpaired) electrons. The summed E-state index contributed by atoms with van der Waals surface area (Å²) in [5.74, 6) is -1.06. The second-order valence-corrected chi connectivity index (χ2v) is 9.76. The van der Waals surface area contributed by atoms with Crippen molar-refractivity contribution in [3.8, 4) is 0 Å². The number of carboxylic acids is 1. The molecule has 0 aliphatic carbocycles. The lowest BCUT2D eigenvalue weighted by molar-refractivity contribution is -0.139. The summed E-state index contributed by atoms with van der Waals surface area (Å²) in [6, 6.07) is 5.92. The fraction of sp³-hybridized carbons (Fsp3) is 0.385. The minimum atomic E-state index is -1.09. The average molecular weight is 493 g/mol. The predicted octanol–water partition coefficient (Wildman–Crippen LogP) is 2.67. The lowest BCUT2D eigenvalue weighted by Gasteiger charge is -2.24. The molecule has 0 saturated heterocycles. The average Bonchev–Trinajstić information content (AvgIpc) is 2.79. The molecular weight excluding hydrogens is 460 g/mol. The molecule has 4 N–H and O–H groups in total. The van der Waals surface area contributed by atoms with Crippen molar-refractivity contribution < 1.29 is 14.7 Å². The first-order valence-corrected chi connectivity index (χ1v) is 11.7. The van der Waals surface area contributed by atoms with Crippen molar-refractivity contribution in [1.82, 2.24) is 30.6 Å². The lowest BCUT2D eigenvalue weighted by Crippen LogP contribution is -2.41. The first kappa shape index (κ1) is 26.5. The Kier molecular flexibility index (Phi) is 8.18. The number of aliphatic carboxylic acids is 1. The van der Waals surface area contributed by atoms with E-state index in [1.807, 2.05) is 32.9 Å². The summed E-state index contributed by atoms with van der Waals surface area (Å²) >= 11 is 0. The molecule has 36 heavy (non-hydrogen) atoms. The van der Waals surface area contributed by atoms with Crippen LogP contribution in [-0.4, -0.2) is 48.5 Å². The van der Waals surface area contributed by atoms with Crippen LogP contribution in [0.1, 0.15) is 61.1 Å². The normalized spacial score (nSPS) is 12.2. The van der Waals surface area contributed by atoms with E-state index in [-0.39, 0.29) is 23.0 Å². The van der Waals surface area contributed by atoms with Gasteiger partial charge in [0.25, 0.3) is 11.5 Å². The molecule has 10 heteroatoms. The van der Waals surface area contributed by atoms with Crippen LogP contribution in [-0.2, 0) is 17.6 Å². The summed E-state index contributed by atoms with van der Waals surface area (Å²) in [4.78, 5) is 51.8. The lowest BCUT2D eigenvalue weighted by atomic mass is 10.0. The van der Waals surface area contributed by atoms with E-state index in [1.165, 1.54) is 0 Å². The van der Waals surface area contributed by atoms with Crippen LogP contribution in [0.4, 0.5) is 0 Å². The third kappa shape index (κ3) is 7.46. The highest BCUT2D eigenvalue weighted by atomic mass is 16.4. The van der Waals surface area contributed by atoms with E-state index in [2.05, 4.69) is 37.1 Å². The first-order valence-electron chi connectivity index (χ1n) is 11.7. The van der Waals surface area contributed by atoms with E-state index < -0.39 is 17.9 Å². The zero-order valence-corrected chi connectivity index (χ0v) is 21.0. The van der Waals surface area contributed by atoms with E-state index in [0.717, 1.165) is 11.3 Å². The number of aromatic amines is 1. The standard InChI is InChI=1S/C26H32N6O4/c1-15(32-26(3,4)5)6-13-20(25(35)36)31-23(33)18-10-7-17(8-11-18)9-12-19-14-27-22-21(30-19)24(34)29-16(2)28-22/h7-8,10-11,14,20,32H,1,6,9,12-13H2,2-5H3,(H,31,33)(H,35,36)(H,27,28,29,34)/t20-/m0/s1. The SMILES string of the molecule is C=C(CC[C@H](NC(=O)c1ccc(CCc2cnc3nc(C)[nH]c(=O)c3n2)cc1)C(=O)O)NC(C)(C)C. The number of allylic oxidation sites excluding steroid dienone is 1. The number of fused-ring (bicyclic) bond motifs is 1. The fourth-order valence-electron chi connectivity index (χ4n) is 3.69. The van der Waals surface area contributed by atoms with Gasteiger partial charge in [-0.1, -0.05) is 18.7 Å². The smallest absolute Gasteiger partial charge is 0.326 e. The quantitative estimate of drug-likeness (QED) is 0.337. The van der Waals surface area contributed by atoms with Crippen LogP contribution < -0.4 is 16.2 Å². The van der Waals surface area contributed by atoms with Gasteiger partial charge in [0.05, 0.1) is 11.9 Å². The number of aromatic nitrogens is 4. The summed E-state index contributed by atoms with van der Waals surface area (Å²) in [6.07, 6.45) is 3.43. The molecule has 0 saturated carbocycles. The number of aryl methyl sites for hydroxylation is 3. The zero-order chi connectivity index (χ0) is 26.5. The molecule has 0 aliphatic heterocycles. The number of hydrogen-bond acceptors (Lipinski definition) is 7. The largest absolute Gasteiger partial charge is 0.480 e. The van der Waals surface area contributed by atoms with Crippen molar-refractivity contribution >= 4 is 23.0 Å². The van der Waals surface area contributed by atoms with E-state index in [4.69, 9.17) is 0 Å². The van der Waals surface area contributed by atoms with Gasteiger partial charge in [-0.15, -0.1) is 0 Å². The van der Waals surface area contributed by atoms with Crippen molar-refractivity contribution in [2.45, 2.75) is 65.0 Å². The maximum absolute atomic E-state index is 12.6. The van der Waals surface area contributed by atoms with Crippen LogP contribution in [0, 0.1) is 6.92 Å². The molecule has 3 rings (SSSR count). The molecular formula is C26H32N6O4. The number of amides is 1. The van der Waals surface area contributed by atoms with Gasteiger partial charge in [0.2, 0.25) is 0 Å². The van der Waals surface area contributed by atoms with Crippen LogP contribution in [0.3, 0.4) is 0 Å². The molecule has 1 amide bonds. The van der Waals surface area contributed by atoms with E-state index >= 15 is 0 Å². The Morgan fingerprint density at radius 3 is 2.47 bits per heavy atom. The van der Waals surface area contributed by atoms with Gasteiger partial charge in [-0.3, -0.25) is 9.59 Å². The fourth-order valence-corrected chi connectivity index (χ4v) is 3.69. The molecule has 2 aromatic heterocycles. The highest BCUT2D eigenvalue weighted by Gasteiger charge is 2.21. The summed E-state index contributed by atoms with van der Waals surface area (Å²) in [6.45, 7) is 11.6. The maximum atomic E-state index is 12.6. The minimum absolute atomic E-state index is 0.171. The molecule has 1 atom stereocenters. The van der Waals surface area contributed by atoms with Gasteiger partial charge in [0, 0.05) is 16.8 Å².